The van der Waals surface area contributed by atoms with Crippen molar-refractivity contribution in [1.82, 2.24) is 5.32 Å². The number of esters is 2. The molecule has 0 aromatic heterocycles. The van der Waals surface area contributed by atoms with Gasteiger partial charge in [0.1, 0.15) is 18.3 Å². The van der Waals surface area contributed by atoms with Gasteiger partial charge in [-0.15, -0.1) is 0 Å². The number of amides is 1. The number of hydrogen-bond donors (Lipinski definition) is 2. The van der Waals surface area contributed by atoms with Crippen molar-refractivity contribution in [1.29, 1.82) is 0 Å². The number of aliphatic hydroxyl groups is 1. The molecule has 12 heteroatoms. The van der Waals surface area contributed by atoms with Crippen LogP contribution in [0, 0.1) is 0 Å². The quantitative estimate of drug-likeness (QED) is 0.142. The maximum atomic E-state index is 13.3. The summed E-state index contributed by atoms with van der Waals surface area (Å²) in [6, 6.07) is 6.02. The van der Waals surface area contributed by atoms with Crippen LogP contribution in [-0.4, -0.2) is 73.0 Å². The van der Waals surface area contributed by atoms with Crippen LogP contribution < -0.4 is 5.32 Å². The predicted molar refractivity (Wildman–Crippen MR) is 155 cm³/mol. The summed E-state index contributed by atoms with van der Waals surface area (Å²) in [7, 11) is 0. The highest BCUT2D eigenvalue weighted by Crippen LogP contribution is 2.43. The number of carbonyl (C=O) groups is 3. The third kappa shape index (κ3) is 10.7. The van der Waals surface area contributed by atoms with Crippen LogP contribution in [0.2, 0.25) is 0 Å². The third-order valence-corrected chi connectivity index (χ3v) is 7.36. The Morgan fingerprint density at radius 2 is 1.80 bits per heavy atom. The fourth-order valence-corrected chi connectivity index (χ4v) is 5.22. The van der Waals surface area contributed by atoms with Crippen LogP contribution in [0.4, 0.5) is 13.2 Å². The maximum Gasteiger partial charge on any atom is 0.422 e. The van der Waals surface area contributed by atoms with Crippen LogP contribution in [-0.2, 0) is 28.5 Å². The van der Waals surface area contributed by atoms with Gasteiger partial charge in [0, 0.05) is 37.5 Å². The summed E-state index contributed by atoms with van der Waals surface area (Å²) in [5.41, 5.74) is 0.845. The number of fused-ring (bicyclic) bond motifs is 1. The molecule has 1 aromatic rings. The standard InChI is InChI=1S/C32H42F3NO8/c1-3-5-7-14-31(15-8-6-4-2)43-26-20-24(29(39)36-16-17-37)19-25(28(26)44-31)42-30(40)23-11-9-10-22(18-23)12-13-27(38)41-21-32(33,34)35/h9-13,18,20,25-26,28,37H,3-8,14-17,19,21H2,1-2H3,(H,36,39)/t25-,26-,28+/m1/s1. The molecule has 0 radical (unpaired) electrons. The Hall–Kier alpha value is -3.22. The lowest BCUT2D eigenvalue weighted by atomic mass is 9.91. The van der Waals surface area contributed by atoms with Gasteiger partial charge in [-0.25, -0.2) is 9.59 Å². The fraction of sp³-hybridized carbons (Fsp3) is 0.594. The molecular weight excluding hydrogens is 583 g/mol. The maximum absolute atomic E-state index is 13.3. The molecule has 0 bridgehead atoms. The molecule has 1 fully saturated rings. The Bertz CT molecular complexity index is 1170. The first-order valence-corrected chi connectivity index (χ1v) is 15.2. The number of hydrogen-bond acceptors (Lipinski definition) is 8. The monoisotopic (exact) mass is 625 g/mol. The molecule has 244 valence electrons. The molecule has 1 aromatic carbocycles. The molecule has 3 atom stereocenters. The Labute approximate surface area is 255 Å². The van der Waals surface area contributed by atoms with E-state index in [1.165, 1.54) is 24.3 Å². The summed E-state index contributed by atoms with van der Waals surface area (Å²) in [6.45, 7) is 2.35. The second kappa shape index (κ2) is 16.7. The Kier molecular flexibility index (Phi) is 13.4. The molecule has 44 heavy (non-hydrogen) atoms. The van der Waals surface area contributed by atoms with Gasteiger partial charge in [-0.1, -0.05) is 51.7 Å². The van der Waals surface area contributed by atoms with E-state index in [4.69, 9.17) is 19.3 Å². The molecular formula is C32H42F3NO8. The van der Waals surface area contributed by atoms with Crippen LogP contribution in [0.25, 0.3) is 6.08 Å². The van der Waals surface area contributed by atoms with Crippen molar-refractivity contribution in [2.45, 2.75) is 102 Å². The summed E-state index contributed by atoms with van der Waals surface area (Å²) < 4.78 is 60.1. The Balaban J connectivity index is 1.79. The number of rotatable bonds is 16. The average molecular weight is 626 g/mol. The van der Waals surface area contributed by atoms with Gasteiger partial charge in [0.05, 0.1) is 12.2 Å². The lowest BCUT2D eigenvalue weighted by molar-refractivity contribution is -0.190. The summed E-state index contributed by atoms with van der Waals surface area (Å²) in [4.78, 5) is 37.8. The van der Waals surface area contributed by atoms with E-state index in [1.54, 1.807) is 12.1 Å². The summed E-state index contributed by atoms with van der Waals surface area (Å²) in [5.74, 6) is -3.16. The fourth-order valence-electron chi connectivity index (χ4n) is 5.22. The van der Waals surface area contributed by atoms with E-state index < -0.39 is 54.7 Å². The highest BCUT2D eigenvalue weighted by molar-refractivity contribution is 5.94. The molecule has 1 saturated heterocycles. The first-order chi connectivity index (χ1) is 21.0. The van der Waals surface area contributed by atoms with E-state index >= 15 is 0 Å². The molecule has 3 rings (SSSR count). The van der Waals surface area contributed by atoms with E-state index in [9.17, 15) is 27.6 Å². The van der Waals surface area contributed by atoms with E-state index in [0.29, 0.717) is 24.0 Å². The zero-order valence-corrected chi connectivity index (χ0v) is 25.2. The van der Waals surface area contributed by atoms with Gasteiger partial charge in [0.25, 0.3) is 0 Å². The van der Waals surface area contributed by atoms with Crippen LogP contribution in [0.3, 0.4) is 0 Å². The Morgan fingerprint density at radius 1 is 1.09 bits per heavy atom. The van der Waals surface area contributed by atoms with Crippen molar-refractivity contribution in [3.63, 3.8) is 0 Å². The number of ether oxygens (including phenoxy) is 4. The van der Waals surface area contributed by atoms with Gasteiger partial charge < -0.3 is 29.4 Å². The molecule has 0 saturated carbocycles. The third-order valence-electron chi connectivity index (χ3n) is 7.36. The average Bonchev–Trinajstić information content (AvgIpc) is 3.36. The zero-order valence-electron chi connectivity index (χ0n) is 25.2. The minimum atomic E-state index is -4.64. The number of nitrogens with one attached hydrogen (secondary N) is 1. The van der Waals surface area contributed by atoms with E-state index in [-0.39, 0.29) is 25.1 Å². The summed E-state index contributed by atoms with van der Waals surface area (Å²) in [6.07, 6.45) is 4.25. The Morgan fingerprint density at radius 3 is 2.43 bits per heavy atom. The molecule has 1 heterocycles. The molecule has 1 amide bonds. The largest absolute Gasteiger partial charge is 0.456 e. The minimum absolute atomic E-state index is 0.0636. The lowest BCUT2D eigenvalue weighted by Gasteiger charge is -2.31. The highest BCUT2D eigenvalue weighted by Gasteiger charge is 2.52. The number of carbonyl (C=O) groups excluding carboxylic acids is 3. The number of alkyl halides is 3. The lowest BCUT2D eigenvalue weighted by Crippen LogP contribution is -2.43. The number of benzene rings is 1. The molecule has 9 nitrogen and oxygen atoms in total. The molecule has 2 aliphatic rings. The number of unbranched alkanes of at least 4 members (excludes halogenated alkanes) is 4. The highest BCUT2D eigenvalue weighted by atomic mass is 19.4. The predicted octanol–water partition coefficient (Wildman–Crippen LogP) is 5.41. The minimum Gasteiger partial charge on any atom is -0.456 e. The SMILES string of the molecule is CCCCCC1(CCCCC)O[C@@H]2[C@@H](C=C(C(=O)NCCO)C[C@H]2OC(=O)c2cccc(C=CC(=O)OCC(F)(F)F)c2)O1. The number of halogens is 3. The zero-order chi connectivity index (χ0) is 32.2. The van der Waals surface area contributed by atoms with E-state index in [1.807, 2.05) is 0 Å². The normalized spacial score (nSPS) is 21.0. The van der Waals surface area contributed by atoms with Gasteiger partial charge in [0.15, 0.2) is 12.4 Å². The van der Waals surface area contributed by atoms with Gasteiger partial charge in [-0.05, 0) is 42.7 Å². The van der Waals surface area contributed by atoms with Crippen molar-refractivity contribution in [2.24, 2.45) is 0 Å². The van der Waals surface area contributed by atoms with Crippen LogP contribution in [0.1, 0.15) is 87.6 Å². The first kappa shape index (κ1) is 35.3. The van der Waals surface area contributed by atoms with Gasteiger partial charge in [0.2, 0.25) is 5.91 Å². The van der Waals surface area contributed by atoms with Crippen molar-refractivity contribution in [3.8, 4) is 0 Å². The van der Waals surface area contributed by atoms with Crippen molar-refractivity contribution >= 4 is 23.9 Å². The number of aliphatic hydroxyl groups excluding tert-OH is 1. The molecule has 1 aliphatic heterocycles. The van der Waals surface area contributed by atoms with Crippen molar-refractivity contribution < 1.29 is 51.6 Å². The molecule has 0 unspecified atom stereocenters. The van der Waals surface area contributed by atoms with Gasteiger partial charge >= 0.3 is 18.1 Å². The molecule has 0 spiro atoms. The van der Waals surface area contributed by atoms with Gasteiger partial charge in [-0.3, -0.25) is 4.79 Å². The molecule has 1 aliphatic carbocycles. The van der Waals surface area contributed by atoms with Crippen molar-refractivity contribution in [2.75, 3.05) is 19.8 Å². The first-order valence-electron chi connectivity index (χ1n) is 15.2. The second-order valence-electron chi connectivity index (χ2n) is 11.0. The summed E-state index contributed by atoms with van der Waals surface area (Å²) >= 11 is 0. The van der Waals surface area contributed by atoms with E-state index in [0.717, 1.165) is 44.6 Å². The van der Waals surface area contributed by atoms with Crippen LogP contribution in [0.15, 0.2) is 42.0 Å². The van der Waals surface area contributed by atoms with Crippen LogP contribution in [0.5, 0.6) is 0 Å². The van der Waals surface area contributed by atoms with E-state index in [2.05, 4.69) is 23.9 Å². The second-order valence-corrected chi connectivity index (χ2v) is 11.0. The van der Waals surface area contributed by atoms with Crippen LogP contribution >= 0.6 is 0 Å². The van der Waals surface area contributed by atoms with Crippen molar-refractivity contribution in [3.05, 3.63) is 53.1 Å². The van der Waals surface area contributed by atoms with Gasteiger partial charge in [-0.2, -0.15) is 13.2 Å². The summed E-state index contributed by atoms with van der Waals surface area (Å²) in [5, 5.41) is 11.8. The molecule has 2 N–H and O–H groups in total. The topological polar surface area (TPSA) is 120 Å². The smallest absolute Gasteiger partial charge is 0.422 e.